The molecule has 1 aliphatic heterocycles. The molecule has 8 heteroatoms. The van der Waals surface area contributed by atoms with Crippen LogP contribution in [0.3, 0.4) is 0 Å². The molecule has 2 heterocycles. The number of hydrogen-bond acceptors (Lipinski definition) is 4. The number of fused-ring (bicyclic) bond motifs is 1. The van der Waals surface area contributed by atoms with Crippen molar-refractivity contribution >= 4 is 28.4 Å². The van der Waals surface area contributed by atoms with Crippen molar-refractivity contribution in [1.29, 1.82) is 0 Å². The summed E-state index contributed by atoms with van der Waals surface area (Å²) in [5.74, 6) is 0. The van der Waals surface area contributed by atoms with Crippen molar-refractivity contribution in [2.75, 3.05) is 36.5 Å². The number of aromatic nitrogens is 2. The Morgan fingerprint density at radius 1 is 1.19 bits per heavy atom. The van der Waals surface area contributed by atoms with E-state index in [9.17, 15) is 9.59 Å². The van der Waals surface area contributed by atoms with Gasteiger partial charge in [0, 0.05) is 33.2 Å². The first-order valence-electron chi connectivity index (χ1n) is 9.02. The van der Waals surface area contributed by atoms with Crippen LogP contribution in [0, 0.1) is 0 Å². The van der Waals surface area contributed by atoms with Crippen molar-refractivity contribution in [2.24, 2.45) is 14.1 Å². The second-order valence-corrected chi connectivity index (χ2v) is 6.77. The molecular weight excluding hydrogens is 334 g/mol. The summed E-state index contributed by atoms with van der Waals surface area (Å²) in [4.78, 5) is 26.8. The van der Waals surface area contributed by atoms with Crippen LogP contribution >= 0.6 is 0 Å². The molecule has 1 atom stereocenters. The molecule has 1 aromatic heterocycles. The van der Waals surface area contributed by atoms with E-state index in [0.717, 1.165) is 36.2 Å². The largest absolute Gasteiger partial charge is 0.378 e. The van der Waals surface area contributed by atoms with E-state index < -0.39 is 0 Å². The summed E-state index contributed by atoms with van der Waals surface area (Å²) in [6.45, 7) is 6.76. The van der Waals surface area contributed by atoms with Crippen LogP contribution in [-0.2, 0) is 18.8 Å². The van der Waals surface area contributed by atoms with E-state index in [1.165, 1.54) is 0 Å². The van der Waals surface area contributed by atoms with E-state index in [2.05, 4.69) is 15.5 Å². The molecule has 2 amide bonds. The molecule has 0 bridgehead atoms. The van der Waals surface area contributed by atoms with Gasteiger partial charge in [-0.05, 0) is 25.5 Å². The second kappa shape index (κ2) is 7.41. The van der Waals surface area contributed by atoms with E-state index in [0.29, 0.717) is 18.9 Å². The molecule has 0 spiro atoms. The smallest absolute Gasteiger partial charge is 0.328 e. The molecule has 0 saturated carbocycles. The molecule has 2 N–H and O–H groups in total. The van der Waals surface area contributed by atoms with Gasteiger partial charge in [-0.25, -0.2) is 9.59 Å². The number of morpholine rings is 1. The fourth-order valence-electron chi connectivity index (χ4n) is 3.18. The van der Waals surface area contributed by atoms with Crippen molar-refractivity contribution in [2.45, 2.75) is 26.3 Å². The highest BCUT2D eigenvalue weighted by molar-refractivity contribution is 5.98. The molecule has 8 nitrogen and oxygen atoms in total. The van der Waals surface area contributed by atoms with E-state index in [-0.39, 0.29) is 17.8 Å². The number of imidazole rings is 1. The van der Waals surface area contributed by atoms with Gasteiger partial charge in [-0.15, -0.1) is 0 Å². The van der Waals surface area contributed by atoms with Gasteiger partial charge in [0.25, 0.3) is 0 Å². The summed E-state index contributed by atoms with van der Waals surface area (Å²) in [6, 6.07) is 3.69. The van der Waals surface area contributed by atoms with Gasteiger partial charge < -0.3 is 20.3 Å². The highest BCUT2D eigenvalue weighted by atomic mass is 16.5. The maximum absolute atomic E-state index is 12.4. The number of urea groups is 1. The summed E-state index contributed by atoms with van der Waals surface area (Å²) in [6.07, 6.45) is 0.857. The summed E-state index contributed by atoms with van der Waals surface area (Å²) >= 11 is 0. The second-order valence-electron chi connectivity index (χ2n) is 6.77. The minimum Gasteiger partial charge on any atom is -0.378 e. The first-order chi connectivity index (χ1) is 12.4. The van der Waals surface area contributed by atoms with Crippen molar-refractivity contribution in [1.82, 2.24) is 14.5 Å². The van der Waals surface area contributed by atoms with E-state index in [1.807, 2.05) is 26.0 Å². The molecule has 1 fully saturated rings. The number of aryl methyl sites for hydroxylation is 2. The number of carbonyl (C=O) groups is 1. The standard InChI is InChI=1S/C18H27N5O3/c1-5-12(2)19-17(24)20-13-10-15-16(22(4)18(25)21(15)3)11-14(13)23-6-8-26-9-7-23/h10-12H,5-9H2,1-4H3,(H2,19,20,24). The third kappa shape index (κ3) is 3.41. The summed E-state index contributed by atoms with van der Waals surface area (Å²) in [5.41, 5.74) is 3.14. The third-order valence-corrected chi connectivity index (χ3v) is 4.98. The Balaban J connectivity index is 2.04. The average molecular weight is 361 g/mol. The average Bonchev–Trinajstić information content (AvgIpc) is 2.85. The molecule has 1 unspecified atom stereocenters. The molecule has 0 radical (unpaired) electrons. The Hall–Kier alpha value is -2.48. The first-order valence-corrected chi connectivity index (χ1v) is 9.02. The maximum Gasteiger partial charge on any atom is 0.328 e. The molecule has 2 aromatic rings. The number of rotatable bonds is 4. The van der Waals surface area contributed by atoms with Crippen LogP contribution in [0.2, 0.25) is 0 Å². The predicted molar refractivity (Wildman–Crippen MR) is 103 cm³/mol. The van der Waals surface area contributed by atoms with Gasteiger partial charge in [-0.2, -0.15) is 0 Å². The molecule has 0 aliphatic carbocycles. The van der Waals surface area contributed by atoms with Gasteiger partial charge in [0.1, 0.15) is 0 Å². The lowest BCUT2D eigenvalue weighted by molar-refractivity contribution is 0.123. The Morgan fingerprint density at radius 2 is 1.81 bits per heavy atom. The molecule has 142 valence electrons. The van der Waals surface area contributed by atoms with Crippen LogP contribution in [-0.4, -0.2) is 47.5 Å². The van der Waals surface area contributed by atoms with E-state index in [1.54, 1.807) is 23.2 Å². The van der Waals surface area contributed by atoms with Crippen LogP contribution in [0.25, 0.3) is 11.0 Å². The lowest BCUT2D eigenvalue weighted by Gasteiger charge is -2.31. The summed E-state index contributed by atoms with van der Waals surface area (Å²) in [5, 5.41) is 5.88. The van der Waals surface area contributed by atoms with Crippen LogP contribution in [0.4, 0.5) is 16.2 Å². The highest BCUT2D eigenvalue weighted by Gasteiger charge is 2.20. The van der Waals surface area contributed by atoms with Gasteiger partial charge in [-0.3, -0.25) is 9.13 Å². The monoisotopic (exact) mass is 361 g/mol. The minimum absolute atomic E-state index is 0.0888. The fraction of sp³-hybridized carbons (Fsp3) is 0.556. The van der Waals surface area contributed by atoms with Crippen molar-refractivity contribution in [3.05, 3.63) is 22.6 Å². The summed E-state index contributed by atoms with van der Waals surface area (Å²) in [7, 11) is 3.50. The molecule has 1 aliphatic rings. The number of nitrogens with zero attached hydrogens (tertiary/aromatic N) is 3. The number of nitrogens with one attached hydrogen (secondary N) is 2. The number of anilines is 2. The first kappa shape index (κ1) is 18.3. The number of hydrogen-bond donors (Lipinski definition) is 2. The number of benzene rings is 1. The van der Waals surface area contributed by atoms with Crippen molar-refractivity contribution in [3.8, 4) is 0 Å². The lowest BCUT2D eigenvalue weighted by atomic mass is 10.2. The Labute approximate surface area is 152 Å². The zero-order valence-electron chi connectivity index (χ0n) is 15.8. The van der Waals surface area contributed by atoms with Crippen LogP contribution in [0.5, 0.6) is 0 Å². The molecular formula is C18H27N5O3. The van der Waals surface area contributed by atoms with Gasteiger partial charge >= 0.3 is 11.7 Å². The quantitative estimate of drug-likeness (QED) is 0.867. The topological polar surface area (TPSA) is 80.5 Å². The van der Waals surface area contributed by atoms with Gasteiger partial charge in [0.2, 0.25) is 0 Å². The van der Waals surface area contributed by atoms with Crippen molar-refractivity contribution < 1.29 is 9.53 Å². The normalized spacial score (nSPS) is 15.9. The Bertz CT molecular complexity index is 864. The van der Waals surface area contributed by atoms with Crippen LogP contribution in [0.1, 0.15) is 20.3 Å². The zero-order valence-corrected chi connectivity index (χ0v) is 15.8. The Kier molecular flexibility index (Phi) is 5.22. The fourth-order valence-corrected chi connectivity index (χ4v) is 3.18. The summed E-state index contributed by atoms with van der Waals surface area (Å²) < 4.78 is 8.66. The maximum atomic E-state index is 12.4. The van der Waals surface area contributed by atoms with Crippen LogP contribution in [0.15, 0.2) is 16.9 Å². The van der Waals surface area contributed by atoms with Gasteiger partial charge in [-0.1, -0.05) is 6.92 Å². The van der Waals surface area contributed by atoms with E-state index >= 15 is 0 Å². The van der Waals surface area contributed by atoms with Crippen LogP contribution < -0.4 is 21.2 Å². The molecule has 1 saturated heterocycles. The van der Waals surface area contributed by atoms with Gasteiger partial charge in [0.15, 0.2) is 0 Å². The minimum atomic E-state index is -0.242. The zero-order chi connectivity index (χ0) is 18.8. The number of amides is 2. The SMILES string of the molecule is CCC(C)NC(=O)Nc1cc2c(cc1N1CCOCC1)n(C)c(=O)n2C. The molecule has 26 heavy (non-hydrogen) atoms. The number of ether oxygens (including phenoxy) is 1. The van der Waals surface area contributed by atoms with Crippen molar-refractivity contribution in [3.63, 3.8) is 0 Å². The van der Waals surface area contributed by atoms with Gasteiger partial charge in [0.05, 0.1) is 35.6 Å². The predicted octanol–water partition coefficient (Wildman–Crippen LogP) is 1.63. The lowest BCUT2D eigenvalue weighted by Crippen LogP contribution is -2.38. The number of carbonyl (C=O) groups excluding carboxylic acids is 1. The third-order valence-electron chi connectivity index (χ3n) is 4.98. The molecule has 3 rings (SSSR count). The molecule has 1 aromatic carbocycles. The van der Waals surface area contributed by atoms with E-state index in [4.69, 9.17) is 4.74 Å². The Morgan fingerprint density at radius 3 is 2.42 bits per heavy atom. The highest BCUT2D eigenvalue weighted by Crippen LogP contribution is 2.31.